The molecule has 0 saturated carbocycles. The van der Waals surface area contributed by atoms with Gasteiger partial charge in [-0.2, -0.15) is 0 Å². The van der Waals surface area contributed by atoms with Crippen LogP contribution in [-0.2, 0) is 0 Å². The van der Waals surface area contributed by atoms with E-state index in [-0.39, 0.29) is 0 Å². The number of imidazole rings is 1. The van der Waals surface area contributed by atoms with Gasteiger partial charge in [-0.25, -0.2) is 9.97 Å². The summed E-state index contributed by atoms with van der Waals surface area (Å²) >= 11 is 0. The van der Waals surface area contributed by atoms with Crippen molar-refractivity contribution in [3.63, 3.8) is 0 Å². The number of fused-ring (bicyclic) bond motifs is 1. The first kappa shape index (κ1) is 10.0. The predicted octanol–water partition coefficient (Wildman–Crippen LogP) is 1.78. The monoisotopic (exact) mass is 212 g/mol. The lowest BCUT2D eigenvalue weighted by atomic mass is 10.4. The predicted molar refractivity (Wildman–Crippen MR) is 58.5 cm³/mol. The zero-order valence-corrected chi connectivity index (χ0v) is 8.41. The molecule has 6 nitrogen and oxygen atoms in total. The molecule has 16 heavy (non-hydrogen) atoms. The Bertz CT molecular complexity index is 596. The standard InChI is InChI=1S/C10H8N6/c11-15-14-6-2-1-4-9-8-13-10-12-5-3-7-16(9)10/h3,5,7-8H,2,6H2. The van der Waals surface area contributed by atoms with Crippen molar-refractivity contribution in [2.24, 2.45) is 5.11 Å². The summed E-state index contributed by atoms with van der Waals surface area (Å²) in [5, 5.41) is 3.40. The molecular formula is C10H8N6. The van der Waals surface area contributed by atoms with Crippen LogP contribution in [-0.4, -0.2) is 20.9 Å². The van der Waals surface area contributed by atoms with Gasteiger partial charge in [-0.1, -0.05) is 11.0 Å². The highest BCUT2D eigenvalue weighted by Gasteiger charge is 1.98. The van der Waals surface area contributed by atoms with E-state index in [1.807, 2.05) is 12.3 Å². The molecule has 0 aromatic carbocycles. The molecule has 0 aliphatic rings. The second-order valence-corrected chi connectivity index (χ2v) is 2.94. The Kier molecular flexibility index (Phi) is 3.02. The van der Waals surface area contributed by atoms with E-state index in [0.717, 1.165) is 5.69 Å². The Balaban J connectivity index is 2.18. The minimum absolute atomic E-state index is 0.387. The van der Waals surface area contributed by atoms with Crippen LogP contribution in [0.5, 0.6) is 0 Å². The number of azide groups is 1. The Morgan fingerprint density at radius 1 is 1.50 bits per heavy atom. The van der Waals surface area contributed by atoms with Crippen molar-refractivity contribution in [3.8, 4) is 11.8 Å². The van der Waals surface area contributed by atoms with Crippen molar-refractivity contribution in [1.82, 2.24) is 14.4 Å². The fraction of sp³-hybridized carbons (Fsp3) is 0.200. The lowest BCUT2D eigenvalue weighted by Gasteiger charge is -1.91. The summed E-state index contributed by atoms with van der Waals surface area (Å²) in [6.45, 7) is 0.387. The fourth-order valence-corrected chi connectivity index (χ4v) is 1.22. The van der Waals surface area contributed by atoms with E-state index < -0.39 is 0 Å². The zero-order chi connectivity index (χ0) is 11.2. The Morgan fingerprint density at radius 3 is 3.31 bits per heavy atom. The fourth-order valence-electron chi connectivity index (χ4n) is 1.22. The second kappa shape index (κ2) is 4.82. The molecule has 0 spiro atoms. The molecule has 0 atom stereocenters. The van der Waals surface area contributed by atoms with Crippen LogP contribution in [0, 0.1) is 11.8 Å². The van der Waals surface area contributed by atoms with E-state index in [9.17, 15) is 0 Å². The molecule has 0 aliphatic carbocycles. The van der Waals surface area contributed by atoms with Gasteiger partial charge in [0.15, 0.2) is 0 Å². The highest BCUT2D eigenvalue weighted by molar-refractivity contribution is 5.38. The lowest BCUT2D eigenvalue weighted by Crippen LogP contribution is -1.88. The molecule has 0 aliphatic heterocycles. The van der Waals surface area contributed by atoms with Gasteiger partial charge < -0.3 is 0 Å². The van der Waals surface area contributed by atoms with Crippen molar-refractivity contribution < 1.29 is 0 Å². The van der Waals surface area contributed by atoms with E-state index in [1.54, 1.807) is 16.8 Å². The van der Waals surface area contributed by atoms with Gasteiger partial charge in [0.1, 0.15) is 5.69 Å². The maximum absolute atomic E-state index is 8.08. The summed E-state index contributed by atoms with van der Waals surface area (Å²) in [7, 11) is 0. The van der Waals surface area contributed by atoms with Crippen LogP contribution in [0.25, 0.3) is 16.2 Å². The molecule has 0 N–H and O–H groups in total. The largest absolute Gasteiger partial charge is 0.277 e. The Morgan fingerprint density at radius 2 is 2.44 bits per heavy atom. The summed E-state index contributed by atoms with van der Waals surface area (Å²) < 4.78 is 1.81. The van der Waals surface area contributed by atoms with Gasteiger partial charge in [-0.15, -0.1) is 0 Å². The molecule has 2 aromatic rings. The van der Waals surface area contributed by atoms with Crippen LogP contribution in [0.1, 0.15) is 12.1 Å². The van der Waals surface area contributed by atoms with Crippen molar-refractivity contribution in [2.45, 2.75) is 6.42 Å². The third kappa shape index (κ3) is 2.11. The van der Waals surface area contributed by atoms with Crippen LogP contribution >= 0.6 is 0 Å². The van der Waals surface area contributed by atoms with Crippen LogP contribution in [0.2, 0.25) is 0 Å². The van der Waals surface area contributed by atoms with Crippen molar-refractivity contribution >= 4 is 5.78 Å². The minimum atomic E-state index is 0.387. The van der Waals surface area contributed by atoms with Crippen molar-refractivity contribution in [1.29, 1.82) is 0 Å². The molecule has 0 fully saturated rings. The molecule has 0 saturated heterocycles. The zero-order valence-electron chi connectivity index (χ0n) is 8.41. The quantitative estimate of drug-likeness (QED) is 0.250. The Labute approximate surface area is 91.6 Å². The first-order chi connectivity index (χ1) is 7.92. The molecule has 78 valence electrons. The summed E-state index contributed by atoms with van der Waals surface area (Å²) in [4.78, 5) is 10.8. The number of hydrogen-bond donors (Lipinski definition) is 0. The third-order valence-corrected chi connectivity index (χ3v) is 1.91. The number of nitrogens with zero attached hydrogens (tertiary/aromatic N) is 6. The SMILES string of the molecule is [N-]=[N+]=NCCC#Cc1cnc2ncccn12. The van der Waals surface area contributed by atoms with Crippen LogP contribution in [0.4, 0.5) is 0 Å². The van der Waals surface area contributed by atoms with Gasteiger partial charge in [0.2, 0.25) is 5.78 Å². The van der Waals surface area contributed by atoms with E-state index in [4.69, 9.17) is 5.53 Å². The number of aromatic nitrogens is 3. The summed E-state index contributed by atoms with van der Waals surface area (Å²) in [6, 6.07) is 1.82. The number of hydrogen-bond acceptors (Lipinski definition) is 3. The highest BCUT2D eigenvalue weighted by atomic mass is 15.1. The van der Waals surface area contributed by atoms with Crippen molar-refractivity contribution in [3.05, 3.63) is 40.8 Å². The molecular weight excluding hydrogens is 204 g/mol. The third-order valence-electron chi connectivity index (χ3n) is 1.91. The number of rotatable bonds is 2. The van der Waals surface area contributed by atoms with Gasteiger partial charge in [0.05, 0.1) is 6.20 Å². The first-order valence-electron chi connectivity index (χ1n) is 4.69. The molecule has 0 unspecified atom stereocenters. The molecule has 2 heterocycles. The molecule has 6 heteroatoms. The molecule has 0 radical (unpaired) electrons. The molecule has 2 rings (SSSR count). The molecule has 2 aromatic heterocycles. The Hall–Kier alpha value is -2.51. The first-order valence-corrected chi connectivity index (χ1v) is 4.69. The van der Waals surface area contributed by atoms with Crippen LogP contribution < -0.4 is 0 Å². The topological polar surface area (TPSA) is 79.0 Å². The highest BCUT2D eigenvalue weighted by Crippen LogP contribution is 2.01. The maximum Gasteiger partial charge on any atom is 0.234 e. The summed E-state index contributed by atoms with van der Waals surface area (Å²) in [5.74, 6) is 6.49. The van der Waals surface area contributed by atoms with Crippen LogP contribution in [0.3, 0.4) is 0 Å². The average molecular weight is 212 g/mol. The van der Waals surface area contributed by atoms with E-state index in [1.165, 1.54) is 0 Å². The van der Waals surface area contributed by atoms with E-state index in [0.29, 0.717) is 18.7 Å². The van der Waals surface area contributed by atoms with E-state index >= 15 is 0 Å². The molecule has 0 amide bonds. The summed E-state index contributed by atoms with van der Waals surface area (Å²) in [6.07, 6.45) is 5.74. The van der Waals surface area contributed by atoms with Gasteiger partial charge in [-0.05, 0) is 17.5 Å². The minimum Gasteiger partial charge on any atom is -0.277 e. The van der Waals surface area contributed by atoms with Gasteiger partial charge in [0, 0.05) is 30.3 Å². The van der Waals surface area contributed by atoms with Crippen molar-refractivity contribution in [2.75, 3.05) is 6.54 Å². The molecule has 0 bridgehead atoms. The maximum atomic E-state index is 8.08. The van der Waals surface area contributed by atoms with Gasteiger partial charge in [0.25, 0.3) is 0 Å². The average Bonchev–Trinajstić information content (AvgIpc) is 2.73. The normalized spacial score (nSPS) is 9.25. The summed E-state index contributed by atoms with van der Waals surface area (Å²) in [5.41, 5.74) is 8.86. The van der Waals surface area contributed by atoms with E-state index in [2.05, 4.69) is 31.8 Å². The van der Waals surface area contributed by atoms with Gasteiger partial charge in [-0.3, -0.25) is 4.40 Å². The lowest BCUT2D eigenvalue weighted by molar-refractivity contribution is 1.01. The second-order valence-electron chi connectivity index (χ2n) is 2.94. The van der Waals surface area contributed by atoms with Crippen LogP contribution in [0.15, 0.2) is 29.8 Å². The smallest absolute Gasteiger partial charge is 0.234 e. The van der Waals surface area contributed by atoms with Gasteiger partial charge >= 0.3 is 0 Å².